The third-order valence-corrected chi connectivity index (χ3v) is 5.92. The number of methoxy groups -OCH3 is 1. The lowest BCUT2D eigenvalue weighted by Gasteiger charge is -2.15. The van der Waals surface area contributed by atoms with Gasteiger partial charge in [-0.1, -0.05) is 26.0 Å². The smallest absolute Gasteiger partial charge is 0.335 e. The normalized spacial score (nSPS) is 11.4. The van der Waals surface area contributed by atoms with Crippen LogP contribution in [0.2, 0.25) is 0 Å². The number of sulfonamides is 1. The predicted molar refractivity (Wildman–Crippen MR) is 113 cm³/mol. The molecule has 0 atom stereocenters. The molecule has 0 aliphatic carbocycles. The number of hydrogen-bond acceptors (Lipinski definition) is 5. The van der Waals surface area contributed by atoms with Crippen LogP contribution in [0.3, 0.4) is 0 Å². The van der Waals surface area contributed by atoms with Crippen LogP contribution in [0, 0.1) is 5.92 Å². The van der Waals surface area contributed by atoms with Crippen LogP contribution >= 0.6 is 0 Å². The highest BCUT2D eigenvalue weighted by Gasteiger charge is 2.20. The Morgan fingerprint density at radius 3 is 2.38 bits per heavy atom. The number of aromatic carboxylic acids is 1. The highest BCUT2D eigenvalue weighted by atomic mass is 32.2. The number of benzene rings is 2. The molecule has 0 saturated heterocycles. The lowest BCUT2D eigenvalue weighted by Crippen LogP contribution is -2.27. The van der Waals surface area contributed by atoms with Gasteiger partial charge in [0.25, 0.3) is 0 Å². The summed E-state index contributed by atoms with van der Waals surface area (Å²) in [5.41, 5.74) is 1.37. The van der Waals surface area contributed by atoms with Gasteiger partial charge in [0.2, 0.25) is 10.0 Å². The van der Waals surface area contributed by atoms with E-state index in [-0.39, 0.29) is 10.5 Å². The first-order chi connectivity index (χ1) is 13.7. The van der Waals surface area contributed by atoms with E-state index in [1.165, 1.54) is 18.2 Å². The zero-order valence-corrected chi connectivity index (χ0v) is 17.8. The molecule has 0 aliphatic rings. The largest absolute Gasteiger partial charge is 0.497 e. The van der Waals surface area contributed by atoms with Crippen molar-refractivity contribution in [3.8, 4) is 5.75 Å². The first-order valence-corrected chi connectivity index (χ1v) is 10.9. The van der Waals surface area contributed by atoms with Crippen LogP contribution in [0.1, 0.15) is 36.2 Å². The van der Waals surface area contributed by atoms with Crippen LogP contribution in [-0.4, -0.2) is 39.7 Å². The molecule has 0 fully saturated rings. The molecule has 2 aromatic rings. The van der Waals surface area contributed by atoms with Crippen LogP contribution in [0.5, 0.6) is 5.75 Å². The van der Waals surface area contributed by atoms with E-state index in [1.807, 2.05) is 38.1 Å². The predicted octanol–water partition coefficient (Wildman–Crippen LogP) is 3.37. The van der Waals surface area contributed by atoms with Gasteiger partial charge >= 0.3 is 5.97 Å². The van der Waals surface area contributed by atoms with Crippen molar-refractivity contribution in [2.45, 2.75) is 31.6 Å². The van der Waals surface area contributed by atoms with Gasteiger partial charge in [-0.25, -0.2) is 17.9 Å². The van der Waals surface area contributed by atoms with Gasteiger partial charge in [0.1, 0.15) is 10.6 Å². The summed E-state index contributed by atoms with van der Waals surface area (Å²) in [4.78, 5) is 11.2. The first-order valence-electron chi connectivity index (χ1n) is 9.46. The molecule has 0 radical (unpaired) electrons. The summed E-state index contributed by atoms with van der Waals surface area (Å²) in [6.45, 7) is 4.80. The fourth-order valence-electron chi connectivity index (χ4n) is 2.72. The van der Waals surface area contributed by atoms with Crippen LogP contribution < -0.4 is 14.8 Å². The molecular weight excluding hydrogens is 392 g/mol. The van der Waals surface area contributed by atoms with Crippen LogP contribution in [0.25, 0.3) is 0 Å². The second-order valence-corrected chi connectivity index (χ2v) is 8.86. The molecule has 7 nitrogen and oxygen atoms in total. The third-order valence-electron chi connectivity index (χ3n) is 4.42. The zero-order chi connectivity index (χ0) is 21.4. The standard InChI is InChI=1S/C21H28N2O5S/c1-15(2)10-13-23-29(26,27)20-14-17(21(24)25)6-9-19(20)22-12-11-16-4-7-18(28-3)8-5-16/h4-9,14-15,22-23H,10-13H2,1-3H3,(H,24,25). The number of ether oxygens (including phenoxy) is 1. The van der Waals surface area contributed by atoms with Crippen LogP contribution in [-0.2, 0) is 16.4 Å². The number of anilines is 1. The van der Waals surface area contributed by atoms with E-state index in [0.29, 0.717) is 37.5 Å². The van der Waals surface area contributed by atoms with Crippen LogP contribution in [0.4, 0.5) is 5.69 Å². The molecule has 0 aliphatic heterocycles. The second-order valence-electron chi connectivity index (χ2n) is 7.12. The third kappa shape index (κ3) is 6.76. The number of nitrogens with one attached hydrogen (secondary N) is 2. The highest BCUT2D eigenvalue weighted by Crippen LogP contribution is 2.23. The molecule has 158 valence electrons. The van der Waals surface area contributed by atoms with E-state index >= 15 is 0 Å². The Labute approximate surface area is 172 Å². The van der Waals surface area contributed by atoms with Crippen molar-refractivity contribution >= 4 is 21.7 Å². The zero-order valence-electron chi connectivity index (χ0n) is 16.9. The molecule has 2 aromatic carbocycles. The van der Waals surface area contributed by atoms with E-state index in [9.17, 15) is 18.3 Å². The van der Waals surface area contributed by atoms with Gasteiger partial charge in [-0.2, -0.15) is 0 Å². The fourth-order valence-corrected chi connectivity index (χ4v) is 3.97. The van der Waals surface area contributed by atoms with Crippen molar-refractivity contribution in [1.82, 2.24) is 4.72 Å². The Hall–Kier alpha value is -2.58. The molecule has 29 heavy (non-hydrogen) atoms. The minimum Gasteiger partial charge on any atom is -0.497 e. The molecule has 2 rings (SSSR count). The highest BCUT2D eigenvalue weighted by molar-refractivity contribution is 7.89. The monoisotopic (exact) mass is 420 g/mol. The molecule has 0 bridgehead atoms. The average molecular weight is 421 g/mol. The molecule has 0 spiro atoms. The maximum atomic E-state index is 12.8. The number of carbonyl (C=O) groups is 1. The van der Waals surface area contributed by atoms with Crippen molar-refractivity contribution in [3.05, 3.63) is 53.6 Å². The molecule has 0 aromatic heterocycles. The van der Waals surface area contributed by atoms with E-state index in [2.05, 4.69) is 10.0 Å². The van der Waals surface area contributed by atoms with E-state index in [1.54, 1.807) is 7.11 Å². The maximum Gasteiger partial charge on any atom is 0.335 e. The van der Waals surface area contributed by atoms with Gasteiger partial charge in [-0.05, 0) is 54.7 Å². The quantitative estimate of drug-likeness (QED) is 0.515. The number of rotatable bonds is 11. The van der Waals surface area contributed by atoms with Crippen molar-refractivity contribution in [2.75, 3.05) is 25.5 Å². The Kier molecular flexibility index (Phi) is 8.04. The summed E-state index contributed by atoms with van der Waals surface area (Å²) >= 11 is 0. The van der Waals surface area contributed by atoms with Gasteiger partial charge in [0, 0.05) is 13.1 Å². The Bertz CT molecular complexity index is 925. The molecule has 3 N–H and O–H groups in total. The van der Waals surface area contributed by atoms with Gasteiger partial charge in [0.15, 0.2) is 0 Å². The molecule has 0 unspecified atom stereocenters. The number of carboxylic acid groups (broad SMARTS) is 1. The SMILES string of the molecule is COc1ccc(CCNc2ccc(C(=O)O)cc2S(=O)(=O)NCCC(C)C)cc1. The minimum atomic E-state index is -3.84. The van der Waals surface area contributed by atoms with Crippen molar-refractivity contribution in [3.63, 3.8) is 0 Å². The maximum absolute atomic E-state index is 12.8. The first kappa shape index (κ1) is 22.7. The Morgan fingerprint density at radius 2 is 1.79 bits per heavy atom. The van der Waals surface area contributed by atoms with Gasteiger partial charge < -0.3 is 15.2 Å². The molecule has 0 amide bonds. The number of carboxylic acids is 1. The van der Waals surface area contributed by atoms with Crippen molar-refractivity contribution < 1.29 is 23.1 Å². The van der Waals surface area contributed by atoms with Gasteiger partial charge in [-0.3, -0.25) is 0 Å². The summed E-state index contributed by atoms with van der Waals surface area (Å²) in [6.07, 6.45) is 1.36. The van der Waals surface area contributed by atoms with Gasteiger partial charge in [-0.15, -0.1) is 0 Å². The Balaban J connectivity index is 2.15. The molecule has 0 saturated carbocycles. The van der Waals surface area contributed by atoms with Gasteiger partial charge in [0.05, 0.1) is 18.4 Å². The fraction of sp³-hybridized carbons (Fsp3) is 0.381. The lowest BCUT2D eigenvalue weighted by molar-refractivity contribution is 0.0696. The summed E-state index contributed by atoms with van der Waals surface area (Å²) in [7, 11) is -2.23. The summed E-state index contributed by atoms with van der Waals surface area (Å²) in [5.74, 6) is -0.0506. The second kappa shape index (κ2) is 10.3. The Morgan fingerprint density at radius 1 is 1.10 bits per heavy atom. The number of hydrogen-bond donors (Lipinski definition) is 3. The molecule has 0 heterocycles. The molecular formula is C21H28N2O5S. The summed E-state index contributed by atoms with van der Waals surface area (Å²) < 4.78 is 33.2. The molecule has 8 heteroatoms. The van der Waals surface area contributed by atoms with Crippen LogP contribution in [0.15, 0.2) is 47.4 Å². The van der Waals surface area contributed by atoms with Crippen molar-refractivity contribution in [2.24, 2.45) is 5.92 Å². The van der Waals surface area contributed by atoms with E-state index < -0.39 is 16.0 Å². The summed E-state index contributed by atoms with van der Waals surface area (Å²) in [5, 5.41) is 12.4. The van der Waals surface area contributed by atoms with Crippen molar-refractivity contribution in [1.29, 1.82) is 0 Å². The van der Waals surface area contributed by atoms with E-state index in [4.69, 9.17) is 4.74 Å². The summed E-state index contributed by atoms with van der Waals surface area (Å²) in [6, 6.07) is 11.7. The van der Waals surface area contributed by atoms with E-state index in [0.717, 1.165) is 11.3 Å². The minimum absolute atomic E-state index is 0.0594. The average Bonchev–Trinajstić information content (AvgIpc) is 2.68. The lowest BCUT2D eigenvalue weighted by atomic mass is 10.1. The topological polar surface area (TPSA) is 105 Å².